The third kappa shape index (κ3) is 7.43. The van der Waals surface area contributed by atoms with Gasteiger partial charge in [0.05, 0.1) is 6.54 Å². The van der Waals surface area contributed by atoms with Gasteiger partial charge in [-0.15, -0.1) is 24.0 Å². The van der Waals surface area contributed by atoms with Crippen molar-refractivity contribution in [2.45, 2.75) is 39.3 Å². The van der Waals surface area contributed by atoms with Gasteiger partial charge in [-0.3, -0.25) is 9.89 Å². The van der Waals surface area contributed by atoms with Crippen molar-refractivity contribution in [1.29, 1.82) is 0 Å². The smallest absolute Gasteiger partial charge is 0.191 e. The molecule has 2 aliphatic heterocycles. The fourth-order valence-electron chi connectivity index (χ4n) is 4.16. The second kappa shape index (κ2) is 12.9. The Morgan fingerprint density at radius 3 is 2.63 bits per heavy atom. The predicted molar refractivity (Wildman–Crippen MR) is 140 cm³/mol. The summed E-state index contributed by atoms with van der Waals surface area (Å²) in [5.74, 6) is 0.935. The molecule has 0 saturated carbocycles. The molecular weight excluding hydrogens is 511 g/mol. The molecule has 0 radical (unpaired) electrons. The molecule has 6 nitrogen and oxygen atoms in total. The molecule has 1 aromatic rings. The van der Waals surface area contributed by atoms with Gasteiger partial charge in [-0.1, -0.05) is 24.6 Å². The summed E-state index contributed by atoms with van der Waals surface area (Å²) in [6.07, 6.45) is 1.10. The zero-order valence-corrected chi connectivity index (χ0v) is 21.7. The molecular formula is C22H38ClIN6. The maximum atomic E-state index is 6.16. The normalized spacial score (nSPS) is 21.9. The molecule has 0 aromatic heterocycles. The van der Waals surface area contributed by atoms with Gasteiger partial charge in [0.15, 0.2) is 5.96 Å². The number of benzene rings is 1. The van der Waals surface area contributed by atoms with Crippen LogP contribution in [0.25, 0.3) is 0 Å². The molecule has 170 valence electrons. The van der Waals surface area contributed by atoms with E-state index in [-0.39, 0.29) is 24.0 Å². The van der Waals surface area contributed by atoms with Gasteiger partial charge in [0.25, 0.3) is 0 Å². The van der Waals surface area contributed by atoms with Crippen molar-refractivity contribution in [3.05, 3.63) is 29.3 Å². The molecule has 1 aromatic carbocycles. The van der Waals surface area contributed by atoms with Gasteiger partial charge in [0, 0.05) is 68.6 Å². The number of aliphatic imine (C=N–C) groups is 1. The summed E-state index contributed by atoms with van der Waals surface area (Å²) in [7, 11) is 0. The molecule has 2 N–H and O–H groups in total. The van der Waals surface area contributed by atoms with E-state index < -0.39 is 0 Å². The molecule has 2 unspecified atom stereocenters. The number of guanidine groups is 1. The molecule has 0 amide bonds. The van der Waals surface area contributed by atoms with Crippen LogP contribution in [0.1, 0.15) is 27.2 Å². The fraction of sp³-hybridized carbons (Fsp3) is 0.682. The van der Waals surface area contributed by atoms with Crippen LogP contribution in [0.15, 0.2) is 29.3 Å². The number of anilines is 1. The van der Waals surface area contributed by atoms with Gasteiger partial charge < -0.3 is 20.4 Å². The van der Waals surface area contributed by atoms with Crippen LogP contribution in [0.5, 0.6) is 0 Å². The number of nitrogens with zero attached hydrogens (tertiary/aromatic N) is 4. The van der Waals surface area contributed by atoms with E-state index in [0.29, 0.717) is 12.1 Å². The lowest BCUT2D eigenvalue weighted by molar-refractivity contribution is 0.109. The fourth-order valence-corrected chi connectivity index (χ4v) is 4.34. The van der Waals surface area contributed by atoms with E-state index in [1.54, 1.807) is 0 Å². The Kier molecular flexibility index (Phi) is 11.0. The van der Waals surface area contributed by atoms with Crippen LogP contribution in [0.2, 0.25) is 5.02 Å². The Bertz CT molecular complexity index is 665. The van der Waals surface area contributed by atoms with Crippen molar-refractivity contribution in [2.24, 2.45) is 4.99 Å². The van der Waals surface area contributed by atoms with Crippen molar-refractivity contribution in [3.8, 4) is 0 Å². The standard InChI is InChI=1S/C22H37ClN6.HI/c1-4-24-22(25-16-18(3)28-13-11-27(5-2)12-14-28)26-20-9-10-29(17-20)21-8-6-7-19(23)15-21;/h6-8,15,18,20H,4-5,9-14,16-17H2,1-3H3,(H2,24,25,26);1H. The molecule has 0 aliphatic carbocycles. The number of piperazine rings is 1. The molecule has 2 aliphatic rings. The molecule has 0 bridgehead atoms. The Hall–Kier alpha value is -0.770. The van der Waals surface area contributed by atoms with Gasteiger partial charge in [-0.25, -0.2) is 0 Å². The van der Waals surface area contributed by atoms with Crippen LogP contribution in [0.3, 0.4) is 0 Å². The first-order chi connectivity index (χ1) is 14.1. The molecule has 3 rings (SSSR count). The number of halogens is 2. The summed E-state index contributed by atoms with van der Waals surface area (Å²) in [6.45, 7) is 16.2. The number of hydrogen-bond acceptors (Lipinski definition) is 4. The molecule has 2 fully saturated rings. The van der Waals surface area contributed by atoms with Gasteiger partial charge in [0.1, 0.15) is 0 Å². The third-order valence-electron chi connectivity index (χ3n) is 6.04. The highest BCUT2D eigenvalue weighted by atomic mass is 127. The summed E-state index contributed by atoms with van der Waals surface area (Å²) in [4.78, 5) is 12.4. The topological polar surface area (TPSA) is 46.1 Å². The average molecular weight is 549 g/mol. The van der Waals surface area contributed by atoms with E-state index in [9.17, 15) is 0 Å². The molecule has 2 atom stereocenters. The SMILES string of the molecule is CCNC(=NCC(C)N1CCN(CC)CC1)NC1CCN(c2cccc(Cl)c2)C1.I. The van der Waals surface area contributed by atoms with E-state index in [1.807, 2.05) is 18.2 Å². The van der Waals surface area contributed by atoms with E-state index in [1.165, 1.54) is 18.8 Å². The first-order valence-electron chi connectivity index (χ1n) is 11.1. The number of nitrogens with one attached hydrogen (secondary N) is 2. The Balaban J connectivity index is 0.00000320. The minimum Gasteiger partial charge on any atom is -0.369 e. The monoisotopic (exact) mass is 548 g/mol. The van der Waals surface area contributed by atoms with Crippen molar-refractivity contribution >= 4 is 47.2 Å². The lowest BCUT2D eigenvalue weighted by atomic mass is 10.2. The van der Waals surface area contributed by atoms with Crippen molar-refractivity contribution in [2.75, 3.05) is 63.8 Å². The van der Waals surface area contributed by atoms with Crippen molar-refractivity contribution in [1.82, 2.24) is 20.4 Å². The molecule has 0 spiro atoms. The van der Waals surface area contributed by atoms with Crippen LogP contribution in [0.4, 0.5) is 5.69 Å². The van der Waals surface area contributed by atoms with E-state index in [0.717, 1.165) is 63.2 Å². The molecule has 8 heteroatoms. The highest BCUT2D eigenvalue weighted by Gasteiger charge is 2.24. The molecule has 2 heterocycles. The minimum absolute atomic E-state index is 0. The Labute approximate surface area is 204 Å². The Morgan fingerprint density at radius 1 is 1.20 bits per heavy atom. The second-order valence-electron chi connectivity index (χ2n) is 8.09. The van der Waals surface area contributed by atoms with Crippen LogP contribution in [0, 0.1) is 0 Å². The number of rotatable bonds is 7. The zero-order valence-electron chi connectivity index (χ0n) is 18.6. The second-order valence-corrected chi connectivity index (χ2v) is 8.53. The highest BCUT2D eigenvalue weighted by molar-refractivity contribution is 14.0. The maximum Gasteiger partial charge on any atom is 0.191 e. The predicted octanol–water partition coefficient (Wildman–Crippen LogP) is 3.12. The van der Waals surface area contributed by atoms with E-state index in [2.05, 4.69) is 52.2 Å². The van der Waals surface area contributed by atoms with E-state index in [4.69, 9.17) is 16.6 Å². The van der Waals surface area contributed by atoms with Gasteiger partial charge >= 0.3 is 0 Å². The van der Waals surface area contributed by atoms with Crippen LogP contribution in [-0.2, 0) is 0 Å². The number of hydrogen-bond donors (Lipinski definition) is 2. The van der Waals surface area contributed by atoms with Gasteiger partial charge in [0.2, 0.25) is 0 Å². The highest BCUT2D eigenvalue weighted by Crippen LogP contribution is 2.23. The minimum atomic E-state index is 0. The van der Waals surface area contributed by atoms with Gasteiger partial charge in [-0.05, 0) is 45.0 Å². The van der Waals surface area contributed by atoms with E-state index >= 15 is 0 Å². The zero-order chi connectivity index (χ0) is 20.6. The summed E-state index contributed by atoms with van der Waals surface area (Å²) in [6, 6.07) is 8.99. The van der Waals surface area contributed by atoms with Crippen LogP contribution < -0.4 is 15.5 Å². The number of likely N-dealkylation sites (N-methyl/N-ethyl adjacent to an activating group) is 1. The lowest BCUT2D eigenvalue weighted by Gasteiger charge is -2.37. The van der Waals surface area contributed by atoms with Gasteiger partial charge in [-0.2, -0.15) is 0 Å². The first kappa shape index (κ1) is 25.5. The molecule has 30 heavy (non-hydrogen) atoms. The van der Waals surface area contributed by atoms with Crippen LogP contribution >= 0.6 is 35.6 Å². The Morgan fingerprint density at radius 2 is 1.97 bits per heavy atom. The largest absolute Gasteiger partial charge is 0.369 e. The lowest BCUT2D eigenvalue weighted by Crippen LogP contribution is -2.50. The maximum absolute atomic E-state index is 6.16. The average Bonchev–Trinajstić information content (AvgIpc) is 3.20. The summed E-state index contributed by atoms with van der Waals surface area (Å²) in [5, 5.41) is 7.86. The van der Waals surface area contributed by atoms with Crippen molar-refractivity contribution < 1.29 is 0 Å². The first-order valence-corrected chi connectivity index (χ1v) is 11.5. The molecule has 2 saturated heterocycles. The van der Waals surface area contributed by atoms with Crippen LogP contribution in [-0.4, -0.2) is 86.7 Å². The summed E-state index contributed by atoms with van der Waals surface area (Å²) < 4.78 is 0. The van der Waals surface area contributed by atoms with Crippen molar-refractivity contribution in [3.63, 3.8) is 0 Å². The third-order valence-corrected chi connectivity index (χ3v) is 6.27. The quantitative estimate of drug-likeness (QED) is 0.312. The summed E-state index contributed by atoms with van der Waals surface area (Å²) in [5.41, 5.74) is 1.20. The summed E-state index contributed by atoms with van der Waals surface area (Å²) >= 11 is 6.16.